The Hall–Kier alpha value is -0.860. The molecule has 0 amide bonds. The molecule has 7 heavy (non-hydrogen) atoms. The van der Waals surface area contributed by atoms with Crippen molar-refractivity contribution in [2.24, 2.45) is 5.22 Å². The van der Waals surface area contributed by atoms with Gasteiger partial charge in [-0.05, 0) is 6.92 Å². The highest BCUT2D eigenvalue weighted by Crippen LogP contribution is 1.84. The Morgan fingerprint density at radius 2 is 2.57 bits per heavy atom. The Morgan fingerprint density at radius 1 is 2.00 bits per heavy atom. The molecule has 0 aliphatic rings. The van der Waals surface area contributed by atoms with Crippen LogP contribution in [-0.2, 0) is 0 Å². The number of hydrogen-bond acceptors (Lipinski definition) is 2. The van der Waals surface area contributed by atoms with Gasteiger partial charge in [0, 0.05) is 12.7 Å². The quantitative estimate of drug-likeness (QED) is 0.421. The van der Waals surface area contributed by atoms with Crippen LogP contribution in [0.2, 0.25) is 0 Å². The first kappa shape index (κ1) is 6.14. The highest BCUT2D eigenvalue weighted by molar-refractivity contribution is 4.61. The molecule has 0 saturated heterocycles. The Bertz CT molecular complexity index is 61.3. The van der Waals surface area contributed by atoms with Crippen LogP contribution >= 0.6 is 0 Å². The van der Waals surface area contributed by atoms with Crippen molar-refractivity contribution in [2.75, 3.05) is 6.54 Å². The maximum atomic E-state index is 6.44. The Balaban J connectivity index is 3.36. The van der Waals surface area contributed by atoms with Crippen molar-refractivity contribution in [2.45, 2.75) is 6.92 Å². The Morgan fingerprint density at radius 3 is 2.57 bits per heavy atom. The molecule has 0 bridgehead atoms. The predicted octanol–water partition coefficient (Wildman–Crippen LogP) is 1.40. The number of rotatable bonds is 3. The van der Waals surface area contributed by atoms with Crippen LogP contribution in [0.5, 0.6) is 0 Å². The monoisotopic (exact) mass is 99.1 g/mol. The van der Waals surface area contributed by atoms with E-state index in [1.54, 1.807) is 0 Å². The maximum Gasteiger partial charge on any atom is 0.0397 e. The van der Waals surface area contributed by atoms with Gasteiger partial charge in [0.05, 0.1) is 0 Å². The van der Waals surface area contributed by atoms with E-state index in [0.29, 0.717) is 6.54 Å². The van der Waals surface area contributed by atoms with Gasteiger partial charge in [-0.3, -0.25) is 5.01 Å². The van der Waals surface area contributed by atoms with Crippen molar-refractivity contribution in [3.63, 3.8) is 0 Å². The summed E-state index contributed by atoms with van der Waals surface area (Å²) >= 11 is 0. The van der Waals surface area contributed by atoms with Crippen LogP contribution in [0.25, 0.3) is 0 Å². The maximum absolute atomic E-state index is 6.44. The zero-order chi connectivity index (χ0) is 5.70. The van der Waals surface area contributed by atoms with Gasteiger partial charge in [0.25, 0.3) is 0 Å². The highest BCUT2D eigenvalue weighted by Gasteiger charge is 1.82. The molecular formula is C4H9N3. The number of hydrogen-bond donors (Lipinski definition) is 1. The van der Waals surface area contributed by atoms with Gasteiger partial charge in [0.2, 0.25) is 0 Å². The van der Waals surface area contributed by atoms with Crippen LogP contribution < -0.4 is 0 Å². The highest BCUT2D eigenvalue weighted by atomic mass is 15.5. The average Bonchev–Trinajstić information content (AvgIpc) is 1.72. The van der Waals surface area contributed by atoms with Crippen molar-refractivity contribution < 1.29 is 0 Å². The van der Waals surface area contributed by atoms with Crippen molar-refractivity contribution in [1.82, 2.24) is 5.01 Å². The van der Waals surface area contributed by atoms with Crippen molar-refractivity contribution in [3.8, 4) is 0 Å². The van der Waals surface area contributed by atoms with Crippen molar-refractivity contribution in [3.05, 3.63) is 12.8 Å². The Kier molecular flexibility index (Phi) is 2.92. The van der Waals surface area contributed by atoms with Crippen LogP contribution in [0, 0.1) is 5.53 Å². The smallest absolute Gasteiger partial charge is 0.0397 e. The van der Waals surface area contributed by atoms with Gasteiger partial charge in [-0.15, -0.1) is 0 Å². The Labute approximate surface area is 43.1 Å². The minimum atomic E-state index is 0.715. The first-order valence-corrected chi connectivity index (χ1v) is 2.11. The van der Waals surface area contributed by atoms with Crippen LogP contribution in [0.1, 0.15) is 6.92 Å². The normalized spacial score (nSPS) is 7.57. The third-order valence-electron chi connectivity index (χ3n) is 0.663. The third-order valence-corrected chi connectivity index (χ3v) is 0.663. The average molecular weight is 99.1 g/mol. The second-order valence-electron chi connectivity index (χ2n) is 1.04. The van der Waals surface area contributed by atoms with E-state index in [9.17, 15) is 0 Å². The first-order valence-electron chi connectivity index (χ1n) is 2.11. The molecule has 0 aliphatic carbocycles. The molecule has 40 valence electrons. The summed E-state index contributed by atoms with van der Waals surface area (Å²) in [5.41, 5.74) is 6.44. The molecule has 0 aromatic carbocycles. The fourth-order valence-corrected chi connectivity index (χ4v) is 0.241. The lowest BCUT2D eigenvalue weighted by Gasteiger charge is -2.04. The SMILES string of the molecule is C=CN(CC)N=N. The van der Waals surface area contributed by atoms with Gasteiger partial charge < -0.3 is 0 Å². The topological polar surface area (TPSA) is 39.5 Å². The molecule has 0 heterocycles. The molecule has 1 N–H and O–H groups in total. The minimum Gasteiger partial charge on any atom is -0.256 e. The molecule has 0 unspecified atom stereocenters. The van der Waals surface area contributed by atoms with Gasteiger partial charge in [0.15, 0.2) is 0 Å². The molecule has 0 spiro atoms. The van der Waals surface area contributed by atoms with E-state index in [0.717, 1.165) is 0 Å². The lowest BCUT2D eigenvalue weighted by molar-refractivity contribution is 0.383. The van der Waals surface area contributed by atoms with E-state index in [4.69, 9.17) is 5.53 Å². The van der Waals surface area contributed by atoms with Crippen LogP contribution in [0.3, 0.4) is 0 Å². The molecule has 3 nitrogen and oxygen atoms in total. The van der Waals surface area contributed by atoms with Crippen LogP contribution in [0.15, 0.2) is 18.0 Å². The van der Waals surface area contributed by atoms with E-state index in [1.165, 1.54) is 11.2 Å². The van der Waals surface area contributed by atoms with Gasteiger partial charge in [-0.1, -0.05) is 11.8 Å². The molecule has 0 aromatic heterocycles. The molecule has 0 saturated carbocycles. The van der Waals surface area contributed by atoms with Crippen molar-refractivity contribution in [1.29, 1.82) is 5.53 Å². The second kappa shape index (κ2) is 3.33. The standard InChI is InChI=1S/C4H9N3/c1-3-7(4-2)6-5/h3,5H,1,4H2,2H3. The summed E-state index contributed by atoms with van der Waals surface area (Å²) in [6.45, 7) is 6.03. The molecular weight excluding hydrogens is 90.1 g/mol. The van der Waals surface area contributed by atoms with Crippen LogP contribution in [-0.4, -0.2) is 11.6 Å². The summed E-state index contributed by atoms with van der Waals surface area (Å²) in [7, 11) is 0. The largest absolute Gasteiger partial charge is 0.256 e. The first-order chi connectivity index (χ1) is 3.35. The summed E-state index contributed by atoms with van der Waals surface area (Å²) < 4.78 is 0. The van der Waals surface area contributed by atoms with Gasteiger partial charge in [-0.2, -0.15) is 5.53 Å². The lowest BCUT2D eigenvalue weighted by atomic mass is 10.7. The fourth-order valence-electron chi connectivity index (χ4n) is 0.241. The fraction of sp³-hybridized carbons (Fsp3) is 0.500. The third kappa shape index (κ3) is 1.92. The molecule has 0 atom stereocenters. The molecule has 0 fully saturated rings. The number of nitrogens with one attached hydrogen (secondary N) is 1. The molecule has 0 aromatic rings. The summed E-state index contributed by atoms with van der Waals surface area (Å²) in [5, 5.41) is 4.52. The summed E-state index contributed by atoms with van der Waals surface area (Å²) in [6, 6.07) is 0. The van der Waals surface area contributed by atoms with E-state index < -0.39 is 0 Å². The van der Waals surface area contributed by atoms with Crippen molar-refractivity contribution >= 4 is 0 Å². The number of nitrogens with zero attached hydrogens (tertiary/aromatic N) is 2. The molecule has 0 radical (unpaired) electrons. The lowest BCUT2D eigenvalue weighted by Crippen LogP contribution is -2.05. The predicted molar refractivity (Wildman–Crippen MR) is 27.7 cm³/mol. The summed E-state index contributed by atoms with van der Waals surface area (Å²) in [4.78, 5) is 0. The second-order valence-corrected chi connectivity index (χ2v) is 1.04. The van der Waals surface area contributed by atoms with E-state index in [-0.39, 0.29) is 0 Å². The van der Waals surface area contributed by atoms with Gasteiger partial charge >= 0.3 is 0 Å². The molecule has 0 aliphatic heterocycles. The summed E-state index contributed by atoms with van der Waals surface area (Å²) in [6.07, 6.45) is 1.51. The van der Waals surface area contributed by atoms with E-state index >= 15 is 0 Å². The zero-order valence-corrected chi connectivity index (χ0v) is 4.39. The van der Waals surface area contributed by atoms with Gasteiger partial charge in [0.1, 0.15) is 0 Å². The van der Waals surface area contributed by atoms with E-state index in [2.05, 4.69) is 11.8 Å². The van der Waals surface area contributed by atoms with Crippen LogP contribution in [0.4, 0.5) is 0 Å². The summed E-state index contributed by atoms with van der Waals surface area (Å²) in [5.74, 6) is 0. The minimum absolute atomic E-state index is 0.715. The van der Waals surface area contributed by atoms with Gasteiger partial charge in [-0.25, -0.2) is 0 Å². The van der Waals surface area contributed by atoms with E-state index in [1.807, 2.05) is 6.92 Å². The zero-order valence-electron chi connectivity index (χ0n) is 4.39. The molecule has 0 rings (SSSR count). The molecule has 3 heteroatoms.